The Morgan fingerprint density at radius 1 is 1.29 bits per heavy atom. The monoisotopic (exact) mass is 410 g/mol. The van der Waals surface area contributed by atoms with Crippen molar-refractivity contribution in [3.8, 4) is 0 Å². The van der Waals surface area contributed by atoms with Crippen molar-refractivity contribution in [3.05, 3.63) is 0 Å². The average Bonchev–Trinajstić information content (AvgIpc) is 2.31. The maximum Gasteiger partial charge on any atom is 0.188 e. The maximum absolute atomic E-state index is 5.87. The molecule has 6 heteroatoms. The van der Waals surface area contributed by atoms with E-state index in [2.05, 4.69) is 29.1 Å². The highest BCUT2D eigenvalue weighted by molar-refractivity contribution is 14.0. The summed E-state index contributed by atoms with van der Waals surface area (Å²) in [5.41, 5.74) is 5.87. The summed E-state index contributed by atoms with van der Waals surface area (Å²) in [4.78, 5) is 6.88. The molecule has 1 heterocycles. The lowest BCUT2D eigenvalue weighted by Gasteiger charge is -2.35. The zero-order chi connectivity index (χ0) is 14.4. The number of guanidine groups is 1. The van der Waals surface area contributed by atoms with Gasteiger partial charge in [-0.15, -0.1) is 24.0 Å². The van der Waals surface area contributed by atoms with Gasteiger partial charge in [0.05, 0.1) is 12.2 Å². The largest absolute Gasteiger partial charge is 0.373 e. The molecule has 0 radical (unpaired) electrons. The highest BCUT2D eigenvalue weighted by atomic mass is 127. The van der Waals surface area contributed by atoms with Crippen molar-refractivity contribution < 1.29 is 4.74 Å². The molecule has 5 nitrogen and oxygen atoms in total. The van der Waals surface area contributed by atoms with Crippen LogP contribution >= 0.6 is 24.0 Å². The second kappa shape index (κ2) is 9.84. The quantitative estimate of drug-likeness (QED) is 0.304. The number of ether oxygens (including phenoxy) is 1. The van der Waals surface area contributed by atoms with Gasteiger partial charge in [-0.2, -0.15) is 0 Å². The number of hydrogen-bond acceptors (Lipinski definition) is 3. The Morgan fingerprint density at radius 2 is 1.95 bits per heavy atom. The van der Waals surface area contributed by atoms with Crippen LogP contribution in [0.2, 0.25) is 0 Å². The summed E-state index contributed by atoms with van der Waals surface area (Å²) in [6.45, 7) is 9.27. The molecule has 0 amide bonds. The molecular formula is C15H31IN4O. The van der Waals surface area contributed by atoms with E-state index < -0.39 is 0 Å². The molecule has 1 aliphatic carbocycles. The van der Waals surface area contributed by atoms with E-state index in [-0.39, 0.29) is 24.0 Å². The van der Waals surface area contributed by atoms with Crippen LogP contribution < -0.4 is 11.1 Å². The zero-order valence-corrected chi connectivity index (χ0v) is 15.7. The van der Waals surface area contributed by atoms with E-state index in [0.717, 1.165) is 45.1 Å². The van der Waals surface area contributed by atoms with Crippen molar-refractivity contribution in [1.29, 1.82) is 0 Å². The Balaban J connectivity index is 0.00000220. The van der Waals surface area contributed by atoms with Gasteiger partial charge in [-0.3, -0.25) is 9.89 Å². The van der Waals surface area contributed by atoms with E-state index in [1.807, 2.05) is 0 Å². The van der Waals surface area contributed by atoms with Gasteiger partial charge in [0.2, 0.25) is 0 Å². The van der Waals surface area contributed by atoms with Crippen LogP contribution in [-0.4, -0.2) is 55.8 Å². The Kier molecular flexibility index (Phi) is 8.89. The summed E-state index contributed by atoms with van der Waals surface area (Å²) in [6, 6.07) is 0. The van der Waals surface area contributed by atoms with Crippen LogP contribution in [0.5, 0.6) is 0 Å². The minimum atomic E-state index is 0. The summed E-state index contributed by atoms with van der Waals surface area (Å²) >= 11 is 0. The van der Waals surface area contributed by atoms with E-state index in [4.69, 9.17) is 10.5 Å². The van der Waals surface area contributed by atoms with Crippen molar-refractivity contribution >= 4 is 29.9 Å². The number of halogens is 1. The van der Waals surface area contributed by atoms with Crippen LogP contribution in [0.3, 0.4) is 0 Å². The van der Waals surface area contributed by atoms with E-state index in [0.29, 0.717) is 18.2 Å². The number of nitrogens with zero attached hydrogens (tertiary/aromatic N) is 2. The van der Waals surface area contributed by atoms with Gasteiger partial charge in [-0.25, -0.2) is 0 Å². The normalized spacial score (nSPS) is 27.8. The third kappa shape index (κ3) is 7.15. The molecule has 0 aromatic rings. The minimum absolute atomic E-state index is 0. The Hall–Kier alpha value is -0.0800. The van der Waals surface area contributed by atoms with E-state index in [9.17, 15) is 0 Å². The fourth-order valence-corrected chi connectivity index (χ4v) is 2.94. The van der Waals surface area contributed by atoms with Gasteiger partial charge in [0.1, 0.15) is 0 Å². The van der Waals surface area contributed by atoms with Gasteiger partial charge < -0.3 is 15.8 Å². The number of nitrogens with two attached hydrogens (primary N) is 1. The third-order valence-electron chi connectivity index (χ3n) is 4.20. The lowest BCUT2D eigenvalue weighted by Crippen LogP contribution is -2.46. The van der Waals surface area contributed by atoms with Gasteiger partial charge >= 0.3 is 0 Å². The highest BCUT2D eigenvalue weighted by Crippen LogP contribution is 2.26. The first kappa shape index (κ1) is 19.0. The first-order chi connectivity index (χ1) is 9.63. The molecule has 2 fully saturated rings. The summed E-state index contributed by atoms with van der Waals surface area (Å²) in [5, 5.41) is 3.22. The Labute approximate surface area is 146 Å². The first-order valence-corrected chi connectivity index (χ1v) is 8.05. The maximum atomic E-state index is 5.87. The lowest BCUT2D eigenvalue weighted by molar-refractivity contribution is -0.0679. The van der Waals surface area contributed by atoms with Gasteiger partial charge in [-0.1, -0.05) is 6.42 Å². The molecule has 2 unspecified atom stereocenters. The van der Waals surface area contributed by atoms with Crippen LogP contribution in [0.4, 0.5) is 0 Å². The van der Waals surface area contributed by atoms with Gasteiger partial charge in [0, 0.05) is 32.7 Å². The molecule has 2 rings (SSSR count). The molecule has 1 saturated carbocycles. The number of morpholine rings is 1. The number of nitrogens with one attached hydrogen (secondary N) is 1. The third-order valence-corrected chi connectivity index (χ3v) is 4.20. The summed E-state index contributed by atoms with van der Waals surface area (Å²) < 4.78 is 5.73. The fraction of sp³-hybridized carbons (Fsp3) is 0.933. The van der Waals surface area contributed by atoms with Crippen LogP contribution in [0.1, 0.15) is 39.5 Å². The predicted molar refractivity (Wildman–Crippen MR) is 98.3 cm³/mol. The molecule has 3 N–H and O–H groups in total. The molecule has 0 bridgehead atoms. The molecule has 1 aliphatic heterocycles. The highest BCUT2D eigenvalue weighted by Gasteiger charge is 2.21. The van der Waals surface area contributed by atoms with E-state index >= 15 is 0 Å². The van der Waals surface area contributed by atoms with Crippen LogP contribution in [0, 0.1) is 5.92 Å². The van der Waals surface area contributed by atoms with Crippen molar-refractivity contribution in [2.45, 2.75) is 51.7 Å². The van der Waals surface area contributed by atoms with Crippen molar-refractivity contribution in [1.82, 2.24) is 10.2 Å². The predicted octanol–water partition coefficient (Wildman–Crippen LogP) is 1.81. The SMILES string of the molecule is CC1CN(CCCNC(N)=NCC2CCC2)CC(C)O1.I. The lowest BCUT2D eigenvalue weighted by atomic mass is 9.86. The number of rotatable bonds is 6. The molecule has 0 spiro atoms. The van der Waals surface area contributed by atoms with Gasteiger partial charge in [0.25, 0.3) is 0 Å². The van der Waals surface area contributed by atoms with Crippen LogP contribution in [0.25, 0.3) is 0 Å². The topological polar surface area (TPSA) is 62.9 Å². The minimum Gasteiger partial charge on any atom is -0.373 e. The van der Waals surface area contributed by atoms with Gasteiger partial charge in [-0.05, 0) is 39.0 Å². The molecule has 1 saturated heterocycles. The molecule has 21 heavy (non-hydrogen) atoms. The summed E-state index contributed by atoms with van der Waals surface area (Å²) in [7, 11) is 0. The Bertz CT molecular complexity index is 313. The molecule has 124 valence electrons. The second-order valence-corrected chi connectivity index (χ2v) is 6.32. The van der Waals surface area contributed by atoms with Crippen LogP contribution in [-0.2, 0) is 4.74 Å². The standard InChI is InChI=1S/C15H30N4O.HI/c1-12-10-19(11-13(2)20-12)8-4-7-17-15(16)18-9-14-5-3-6-14;/h12-14H,3-11H2,1-2H3,(H3,16,17,18);1H. The molecule has 0 aromatic carbocycles. The fourth-order valence-electron chi connectivity index (χ4n) is 2.94. The smallest absolute Gasteiger partial charge is 0.188 e. The summed E-state index contributed by atoms with van der Waals surface area (Å²) in [5.74, 6) is 1.40. The number of aliphatic imine (C=N–C) groups is 1. The molecular weight excluding hydrogens is 379 g/mol. The second-order valence-electron chi connectivity index (χ2n) is 6.32. The molecule has 2 atom stereocenters. The van der Waals surface area contributed by atoms with Crippen molar-refractivity contribution in [2.75, 3.05) is 32.7 Å². The van der Waals surface area contributed by atoms with Crippen molar-refractivity contribution in [2.24, 2.45) is 16.6 Å². The molecule has 0 aromatic heterocycles. The zero-order valence-electron chi connectivity index (χ0n) is 13.4. The number of hydrogen-bond donors (Lipinski definition) is 2. The first-order valence-electron chi connectivity index (χ1n) is 8.05. The van der Waals surface area contributed by atoms with Crippen molar-refractivity contribution in [3.63, 3.8) is 0 Å². The Morgan fingerprint density at radius 3 is 2.52 bits per heavy atom. The van der Waals surface area contributed by atoms with Gasteiger partial charge in [0.15, 0.2) is 5.96 Å². The van der Waals surface area contributed by atoms with Crippen LogP contribution in [0.15, 0.2) is 4.99 Å². The van der Waals surface area contributed by atoms with E-state index in [1.54, 1.807) is 0 Å². The molecule has 2 aliphatic rings. The summed E-state index contributed by atoms with van der Waals surface area (Å²) in [6.07, 6.45) is 5.80. The van der Waals surface area contributed by atoms with E-state index in [1.165, 1.54) is 19.3 Å². The average molecular weight is 410 g/mol.